The molecular weight excluding hydrogens is 251 g/mol. The summed E-state index contributed by atoms with van der Waals surface area (Å²) in [5, 5.41) is 3.73. The van der Waals surface area contributed by atoms with Gasteiger partial charge >= 0.3 is 0 Å². The van der Waals surface area contributed by atoms with Gasteiger partial charge in [-0.25, -0.2) is 4.39 Å². The maximum absolute atomic E-state index is 13.2. The van der Waals surface area contributed by atoms with Gasteiger partial charge in [0.25, 0.3) is 0 Å². The standard InChI is InChI=1S/C17H27FN2/c1-4-17(5-2)13-20(10-6-9-19-17)12-15-7-8-16(18)11-14(15)3/h7-8,11,19H,4-6,9-10,12-13H2,1-3H3. The zero-order valence-electron chi connectivity index (χ0n) is 13.0. The largest absolute Gasteiger partial charge is 0.310 e. The molecular formula is C17H27FN2. The van der Waals surface area contributed by atoms with E-state index in [1.165, 1.54) is 12.0 Å². The maximum Gasteiger partial charge on any atom is 0.123 e. The lowest BCUT2D eigenvalue weighted by Crippen LogP contribution is -2.50. The average Bonchev–Trinajstić information content (AvgIpc) is 2.65. The van der Waals surface area contributed by atoms with Gasteiger partial charge in [-0.1, -0.05) is 19.9 Å². The quantitative estimate of drug-likeness (QED) is 0.907. The Morgan fingerprint density at radius 1 is 1.30 bits per heavy atom. The Morgan fingerprint density at radius 3 is 2.70 bits per heavy atom. The summed E-state index contributed by atoms with van der Waals surface area (Å²) in [4.78, 5) is 2.52. The van der Waals surface area contributed by atoms with Gasteiger partial charge in [-0.3, -0.25) is 4.90 Å². The van der Waals surface area contributed by atoms with Crippen LogP contribution in [0, 0.1) is 12.7 Å². The van der Waals surface area contributed by atoms with E-state index in [-0.39, 0.29) is 11.4 Å². The highest BCUT2D eigenvalue weighted by Crippen LogP contribution is 2.22. The van der Waals surface area contributed by atoms with Gasteiger partial charge < -0.3 is 5.32 Å². The fourth-order valence-corrected chi connectivity index (χ4v) is 3.16. The third-order valence-corrected chi connectivity index (χ3v) is 4.73. The van der Waals surface area contributed by atoms with Crippen LogP contribution in [0.3, 0.4) is 0 Å². The molecule has 0 amide bonds. The molecule has 0 bridgehead atoms. The molecule has 0 aliphatic carbocycles. The number of halogens is 1. The number of rotatable bonds is 4. The monoisotopic (exact) mass is 278 g/mol. The summed E-state index contributed by atoms with van der Waals surface area (Å²) < 4.78 is 13.2. The van der Waals surface area contributed by atoms with Crippen LogP contribution in [0.4, 0.5) is 4.39 Å². The van der Waals surface area contributed by atoms with Crippen molar-refractivity contribution in [3.63, 3.8) is 0 Å². The predicted molar refractivity (Wildman–Crippen MR) is 82.3 cm³/mol. The SMILES string of the molecule is CCC1(CC)CN(Cc2ccc(F)cc2C)CCCN1. The van der Waals surface area contributed by atoms with Crippen LogP contribution in [0.2, 0.25) is 0 Å². The predicted octanol–water partition coefficient (Wildman–Crippen LogP) is 3.49. The normalized spacial score (nSPS) is 19.8. The molecule has 1 aromatic rings. The lowest BCUT2D eigenvalue weighted by Gasteiger charge is -2.35. The second-order valence-electron chi connectivity index (χ2n) is 6.05. The van der Waals surface area contributed by atoms with E-state index in [2.05, 4.69) is 24.1 Å². The summed E-state index contributed by atoms with van der Waals surface area (Å²) in [6, 6.07) is 5.14. The number of hydrogen-bond acceptors (Lipinski definition) is 2. The van der Waals surface area contributed by atoms with E-state index in [0.717, 1.165) is 44.6 Å². The van der Waals surface area contributed by atoms with Gasteiger partial charge in [0.2, 0.25) is 0 Å². The van der Waals surface area contributed by atoms with E-state index in [0.29, 0.717) is 0 Å². The Kier molecular flexibility index (Phi) is 5.17. The van der Waals surface area contributed by atoms with Crippen LogP contribution in [-0.2, 0) is 6.54 Å². The Labute approximate surface area is 122 Å². The molecule has 0 unspecified atom stereocenters. The second-order valence-corrected chi connectivity index (χ2v) is 6.05. The molecule has 1 saturated heterocycles. The first-order valence-corrected chi connectivity index (χ1v) is 7.81. The third-order valence-electron chi connectivity index (χ3n) is 4.73. The van der Waals surface area contributed by atoms with Crippen molar-refractivity contribution in [2.45, 2.75) is 52.1 Å². The minimum Gasteiger partial charge on any atom is -0.310 e. The summed E-state index contributed by atoms with van der Waals surface area (Å²) in [6.45, 7) is 10.8. The van der Waals surface area contributed by atoms with E-state index in [4.69, 9.17) is 0 Å². The van der Waals surface area contributed by atoms with E-state index < -0.39 is 0 Å². The van der Waals surface area contributed by atoms with Gasteiger partial charge in [-0.05, 0) is 62.5 Å². The first kappa shape index (κ1) is 15.5. The van der Waals surface area contributed by atoms with Crippen molar-refractivity contribution in [1.82, 2.24) is 10.2 Å². The third kappa shape index (κ3) is 3.58. The van der Waals surface area contributed by atoms with E-state index in [1.54, 1.807) is 12.1 Å². The molecule has 3 heteroatoms. The minimum absolute atomic E-state index is 0.139. The van der Waals surface area contributed by atoms with Crippen LogP contribution in [0.5, 0.6) is 0 Å². The van der Waals surface area contributed by atoms with E-state index >= 15 is 0 Å². The van der Waals surface area contributed by atoms with Crippen molar-refractivity contribution in [3.05, 3.63) is 35.1 Å². The van der Waals surface area contributed by atoms with Gasteiger partial charge in [-0.2, -0.15) is 0 Å². The fourth-order valence-electron chi connectivity index (χ4n) is 3.16. The molecule has 1 fully saturated rings. The molecule has 1 aliphatic heterocycles. The highest BCUT2D eigenvalue weighted by Gasteiger charge is 2.30. The van der Waals surface area contributed by atoms with Crippen LogP contribution in [-0.4, -0.2) is 30.1 Å². The van der Waals surface area contributed by atoms with Gasteiger partial charge in [0.05, 0.1) is 0 Å². The molecule has 20 heavy (non-hydrogen) atoms. The molecule has 0 saturated carbocycles. The Balaban J connectivity index is 2.11. The molecule has 2 nitrogen and oxygen atoms in total. The maximum atomic E-state index is 13.2. The molecule has 1 aliphatic rings. The van der Waals surface area contributed by atoms with Crippen molar-refractivity contribution >= 4 is 0 Å². The summed E-state index contributed by atoms with van der Waals surface area (Å²) >= 11 is 0. The Hall–Kier alpha value is -0.930. The minimum atomic E-state index is -0.139. The summed E-state index contributed by atoms with van der Waals surface area (Å²) in [5.74, 6) is -0.139. The van der Waals surface area contributed by atoms with Crippen molar-refractivity contribution in [1.29, 1.82) is 0 Å². The molecule has 2 rings (SSSR count). The van der Waals surface area contributed by atoms with E-state index in [9.17, 15) is 4.39 Å². The van der Waals surface area contributed by atoms with Crippen molar-refractivity contribution < 1.29 is 4.39 Å². The highest BCUT2D eigenvalue weighted by molar-refractivity contribution is 5.26. The van der Waals surface area contributed by atoms with E-state index in [1.807, 2.05) is 13.0 Å². The van der Waals surface area contributed by atoms with Gasteiger partial charge in [0.1, 0.15) is 5.82 Å². The summed E-state index contributed by atoms with van der Waals surface area (Å²) in [5.41, 5.74) is 2.54. The first-order valence-electron chi connectivity index (χ1n) is 7.81. The van der Waals surface area contributed by atoms with Crippen molar-refractivity contribution in [2.75, 3.05) is 19.6 Å². The highest BCUT2D eigenvalue weighted by atomic mass is 19.1. The van der Waals surface area contributed by atoms with Gasteiger partial charge in [0, 0.05) is 18.6 Å². The number of benzene rings is 1. The molecule has 0 aromatic heterocycles. The van der Waals surface area contributed by atoms with Crippen LogP contribution in [0.15, 0.2) is 18.2 Å². The zero-order chi connectivity index (χ0) is 14.6. The lowest BCUT2D eigenvalue weighted by molar-refractivity contribution is 0.191. The lowest BCUT2D eigenvalue weighted by atomic mass is 9.92. The second kappa shape index (κ2) is 6.68. The fraction of sp³-hybridized carbons (Fsp3) is 0.647. The number of nitrogens with one attached hydrogen (secondary N) is 1. The molecule has 0 spiro atoms. The zero-order valence-corrected chi connectivity index (χ0v) is 13.0. The molecule has 1 aromatic carbocycles. The summed E-state index contributed by atoms with van der Waals surface area (Å²) in [6.07, 6.45) is 3.49. The number of aryl methyl sites for hydroxylation is 1. The van der Waals surface area contributed by atoms with Crippen molar-refractivity contribution in [3.8, 4) is 0 Å². The van der Waals surface area contributed by atoms with Crippen molar-refractivity contribution in [2.24, 2.45) is 0 Å². The number of hydrogen-bond donors (Lipinski definition) is 1. The average molecular weight is 278 g/mol. The molecule has 0 atom stereocenters. The number of nitrogens with zero attached hydrogens (tertiary/aromatic N) is 1. The molecule has 0 radical (unpaired) electrons. The van der Waals surface area contributed by atoms with Gasteiger partial charge in [-0.15, -0.1) is 0 Å². The van der Waals surface area contributed by atoms with Crippen LogP contribution < -0.4 is 5.32 Å². The van der Waals surface area contributed by atoms with Gasteiger partial charge in [0.15, 0.2) is 0 Å². The molecule has 1 heterocycles. The smallest absolute Gasteiger partial charge is 0.123 e. The topological polar surface area (TPSA) is 15.3 Å². The van der Waals surface area contributed by atoms with Crippen LogP contribution in [0.25, 0.3) is 0 Å². The van der Waals surface area contributed by atoms with Crippen LogP contribution in [0.1, 0.15) is 44.2 Å². The Morgan fingerprint density at radius 2 is 2.05 bits per heavy atom. The van der Waals surface area contributed by atoms with Crippen LogP contribution >= 0.6 is 0 Å². The molecule has 1 N–H and O–H groups in total. The molecule has 112 valence electrons. The summed E-state index contributed by atoms with van der Waals surface area (Å²) in [7, 11) is 0. The Bertz CT molecular complexity index is 441. The first-order chi connectivity index (χ1) is 9.58.